The summed E-state index contributed by atoms with van der Waals surface area (Å²) < 4.78 is 1.11. The molecule has 2 saturated heterocycles. The fraction of sp³-hybridized carbons (Fsp3) is 0.500. The number of likely N-dealkylation sites (tertiary alicyclic amines) is 2. The van der Waals surface area contributed by atoms with Crippen molar-refractivity contribution in [1.82, 2.24) is 9.80 Å². The molecule has 3 heterocycles. The van der Waals surface area contributed by atoms with Crippen LogP contribution in [-0.4, -0.2) is 41.8 Å². The second kappa shape index (κ2) is 4.43. The summed E-state index contributed by atoms with van der Waals surface area (Å²) in [6.07, 6.45) is 0. The Hall–Kier alpha value is -0.720. The molecule has 1 aromatic rings. The Morgan fingerprint density at radius 2 is 1.89 bits per heavy atom. The molecule has 2 atom stereocenters. The molecule has 2 amide bonds. The molecule has 2 fully saturated rings. The van der Waals surface area contributed by atoms with Crippen LogP contribution in [0, 0.1) is 11.8 Å². The van der Waals surface area contributed by atoms with Crippen molar-refractivity contribution in [3.05, 3.63) is 20.8 Å². The molecule has 3 rings (SSSR count). The van der Waals surface area contributed by atoms with Gasteiger partial charge >= 0.3 is 0 Å². The van der Waals surface area contributed by atoms with Gasteiger partial charge in [-0.25, -0.2) is 0 Å². The molecule has 1 aromatic heterocycles. The van der Waals surface area contributed by atoms with E-state index >= 15 is 0 Å². The van der Waals surface area contributed by atoms with Crippen LogP contribution in [0.5, 0.6) is 0 Å². The lowest BCUT2D eigenvalue weighted by Gasteiger charge is -2.17. The number of rotatable bonds is 2. The van der Waals surface area contributed by atoms with Gasteiger partial charge < -0.3 is 0 Å². The molecule has 2 aliphatic heterocycles. The smallest absolute Gasteiger partial charge is 0.234 e. The molecule has 0 unspecified atom stereocenters. The van der Waals surface area contributed by atoms with Crippen LogP contribution in [0.15, 0.2) is 15.9 Å². The monoisotopic (exact) mass is 328 g/mol. The van der Waals surface area contributed by atoms with E-state index in [-0.39, 0.29) is 23.7 Å². The Bertz CT molecular complexity index is 492. The van der Waals surface area contributed by atoms with Crippen molar-refractivity contribution >= 4 is 39.1 Å². The molecule has 2 aliphatic rings. The topological polar surface area (TPSA) is 40.6 Å². The lowest BCUT2D eigenvalue weighted by Crippen LogP contribution is -2.32. The van der Waals surface area contributed by atoms with Crippen molar-refractivity contribution in [2.45, 2.75) is 6.54 Å². The van der Waals surface area contributed by atoms with Crippen molar-refractivity contribution in [3.63, 3.8) is 0 Å². The number of fused-ring (bicyclic) bond motifs is 1. The molecule has 6 heteroatoms. The molecule has 4 nitrogen and oxygen atoms in total. The number of imide groups is 1. The van der Waals surface area contributed by atoms with Gasteiger partial charge in [-0.2, -0.15) is 0 Å². The SMILES string of the molecule is CN1C(=O)[C@H]2CN(Cc3ccc(Br)s3)C[C@H]2C1=O. The molecule has 96 valence electrons. The van der Waals surface area contributed by atoms with Gasteiger partial charge in [0.25, 0.3) is 0 Å². The molecule has 0 saturated carbocycles. The van der Waals surface area contributed by atoms with Crippen LogP contribution in [-0.2, 0) is 16.1 Å². The van der Waals surface area contributed by atoms with Crippen LogP contribution in [0.2, 0.25) is 0 Å². The predicted octanol–water partition coefficient (Wildman–Crippen LogP) is 1.56. The first kappa shape index (κ1) is 12.3. The van der Waals surface area contributed by atoms with Gasteiger partial charge in [0.05, 0.1) is 15.6 Å². The Morgan fingerprint density at radius 3 is 2.39 bits per heavy atom. The van der Waals surface area contributed by atoms with E-state index in [4.69, 9.17) is 0 Å². The minimum absolute atomic E-state index is 0.0140. The largest absolute Gasteiger partial charge is 0.297 e. The van der Waals surface area contributed by atoms with Gasteiger partial charge in [0.1, 0.15) is 0 Å². The van der Waals surface area contributed by atoms with Crippen LogP contribution >= 0.6 is 27.3 Å². The third kappa shape index (κ3) is 1.92. The minimum atomic E-state index is -0.120. The molecule has 0 bridgehead atoms. The minimum Gasteiger partial charge on any atom is -0.297 e. The zero-order chi connectivity index (χ0) is 12.9. The van der Waals surface area contributed by atoms with Gasteiger partial charge in [0.15, 0.2) is 0 Å². The van der Waals surface area contributed by atoms with Crippen molar-refractivity contribution in [3.8, 4) is 0 Å². The van der Waals surface area contributed by atoms with Gasteiger partial charge in [0, 0.05) is 31.6 Å². The maximum absolute atomic E-state index is 11.9. The number of thiophene rings is 1. The summed E-state index contributed by atoms with van der Waals surface area (Å²) in [5.41, 5.74) is 0. The first-order chi connectivity index (χ1) is 8.56. The van der Waals surface area contributed by atoms with E-state index in [1.165, 1.54) is 9.78 Å². The van der Waals surface area contributed by atoms with Gasteiger partial charge in [-0.1, -0.05) is 0 Å². The standard InChI is InChI=1S/C12H13BrN2O2S/c1-14-11(16)8-5-15(6-9(8)12(14)17)4-7-2-3-10(13)18-7/h2-3,8-9H,4-6H2,1H3/t8-,9+. The molecule has 18 heavy (non-hydrogen) atoms. The van der Waals surface area contributed by atoms with Crippen molar-refractivity contribution < 1.29 is 9.59 Å². The summed E-state index contributed by atoms with van der Waals surface area (Å²) in [6, 6.07) is 4.11. The lowest BCUT2D eigenvalue weighted by molar-refractivity contribution is -0.138. The maximum atomic E-state index is 11.9. The quantitative estimate of drug-likeness (QED) is 0.773. The van der Waals surface area contributed by atoms with Gasteiger partial charge in [-0.3, -0.25) is 19.4 Å². The number of hydrogen-bond donors (Lipinski definition) is 0. The Labute approximate surface area is 118 Å². The Balaban J connectivity index is 1.70. The Morgan fingerprint density at radius 1 is 1.28 bits per heavy atom. The van der Waals surface area contributed by atoms with E-state index in [1.54, 1.807) is 18.4 Å². The van der Waals surface area contributed by atoms with Crippen molar-refractivity contribution in [1.29, 1.82) is 0 Å². The molecule has 0 aromatic carbocycles. The van der Waals surface area contributed by atoms with E-state index in [9.17, 15) is 9.59 Å². The van der Waals surface area contributed by atoms with Crippen LogP contribution in [0.25, 0.3) is 0 Å². The summed E-state index contributed by atoms with van der Waals surface area (Å²) in [7, 11) is 1.59. The van der Waals surface area contributed by atoms with E-state index in [1.807, 2.05) is 6.07 Å². The van der Waals surface area contributed by atoms with E-state index in [2.05, 4.69) is 26.9 Å². The molecule has 0 spiro atoms. The Kier molecular flexibility index (Phi) is 3.03. The molecule has 0 radical (unpaired) electrons. The maximum Gasteiger partial charge on any atom is 0.234 e. The highest BCUT2D eigenvalue weighted by Gasteiger charge is 2.50. The molecule has 0 N–H and O–H groups in total. The average Bonchev–Trinajstić information content (AvgIpc) is 2.97. The van der Waals surface area contributed by atoms with E-state index in [0.29, 0.717) is 13.1 Å². The summed E-state index contributed by atoms with van der Waals surface area (Å²) in [5, 5.41) is 0. The number of nitrogens with zero attached hydrogens (tertiary/aromatic N) is 2. The fourth-order valence-corrected chi connectivity index (χ4v) is 4.30. The zero-order valence-electron chi connectivity index (χ0n) is 9.93. The van der Waals surface area contributed by atoms with Crippen LogP contribution in [0.1, 0.15) is 4.88 Å². The highest BCUT2D eigenvalue weighted by molar-refractivity contribution is 9.11. The van der Waals surface area contributed by atoms with Crippen molar-refractivity contribution in [2.24, 2.45) is 11.8 Å². The molecular weight excluding hydrogens is 316 g/mol. The predicted molar refractivity (Wildman–Crippen MR) is 72.1 cm³/mol. The second-order valence-corrected chi connectivity index (χ2v) is 7.40. The van der Waals surface area contributed by atoms with Crippen LogP contribution < -0.4 is 0 Å². The summed E-state index contributed by atoms with van der Waals surface area (Å²) >= 11 is 5.14. The number of amides is 2. The number of hydrogen-bond acceptors (Lipinski definition) is 4. The number of carbonyl (C=O) groups excluding carboxylic acids is 2. The number of carbonyl (C=O) groups is 2. The highest BCUT2D eigenvalue weighted by atomic mass is 79.9. The number of halogens is 1. The van der Waals surface area contributed by atoms with Gasteiger partial charge in [-0.15, -0.1) is 11.3 Å². The summed E-state index contributed by atoms with van der Waals surface area (Å²) in [4.78, 5) is 28.5. The third-order valence-corrected chi connectivity index (χ3v) is 5.31. The fourth-order valence-electron chi connectivity index (χ4n) is 2.78. The first-order valence-electron chi connectivity index (χ1n) is 5.84. The summed E-state index contributed by atoms with van der Waals surface area (Å²) in [6.45, 7) is 2.23. The lowest BCUT2D eigenvalue weighted by atomic mass is 10.00. The van der Waals surface area contributed by atoms with Crippen LogP contribution in [0.4, 0.5) is 0 Å². The molecule has 0 aliphatic carbocycles. The van der Waals surface area contributed by atoms with E-state index in [0.717, 1.165) is 10.3 Å². The zero-order valence-corrected chi connectivity index (χ0v) is 12.3. The van der Waals surface area contributed by atoms with E-state index < -0.39 is 0 Å². The second-order valence-electron chi connectivity index (χ2n) is 4.85. The first-order valence-corrected chi connectivity index (χ1v) is 7.45. The normalized spacial score (nSPS) is 28.2. The molecular formula is C12H13BrN2O2S. The average molecular weight is 329 g/mol. The highest BCUT2D eigenvalue weighted by Crippen LogP contribution is 2.34. The summed E-state index contributed by atoms with van der Waals surface area (Å²) in [5.74, 6) is -0.267. The van der Waals surface area contributed by atoms with Crippen LogP contribution in [0.3, 0.4) is 0 Å². The van der Waals surface area contributed by atoms with Crippen molar-refractivity contribution in [2.75, 3.05) is 20.1 Å². The van der Waals surface area contributed by atoms with Gasteiger partial charge in [-0.05, 0) is 28.1 Å². The van der Waals surface area contributed by atoms with Gasteiger partial charge in [0.2, 0.25) is 11.8 Å². The third-order valence-electron chi connectivity index (χ3n) is 3.70.